The molecule has 1 fully saturated rings. The Morgan fingerprint density at radius 2 is 1.75 bits per heavy atom. The molecule has 12 nitrogen and oxygen atoms in total. The molecule has 51 heavy (non-hydrogen) atoms. The topological polar surface area (TPSA) is 152 Å². The molecule has 0 saturated carbocycles. The number of fused-ring (bicyclic) bond motifs is 4. The van der Waals surface area contributed by atoms with E-state index >= 15 is 0 Å². The number of nitrogens with zero attached hydrogens (tertiary/aromatic N) is 3. The molecule has 4 heterocycles. The van der Waals surface area contributed by atoms with Gasteiger partial charge in [0.15, 0.2) is 0 Å². The van der Waals surface area contributed by atoms with Crippen molar-refractivity contribution in [1.29, 1.82) is 0 Å². The Morgan fingerprint density at radius 3 is 2.55 bits per heavy atom. The molecule has 2 aliphatic heterocycles. The van der Waals surface area contributed by atoms with E-state index in [1.54, 1.807) is 16.8 Å². The van der Waals surface area contributed by atoms with Crippen molar-refractivity contribution in [3.8, 4) is 5.75 Å². The number of pyridine rings is 1. The summed E-state index contributed by atoms with van der Waals surface area (Å²) in [7, 11) is 0. The molecule has 0 bridgehead atoms. The van der Waals surface area contributed by atoms with Gasteiger partial charge >= 0.3 is 6.36 Å². The van der Waals surface area contributed by atoms with Gasteiger partial charge in [-0.3, -0.25) is 29.3 Å². The van der Waals surface area contributed by atoms with Gasteiger partial charge < -0.3 is 24.8 Å². The number of alkyl halides is 3. The van der Waals surface area contributed by atoms with E-state index in [2.05, 4.69) is 25.7 Å². The number of amides is 5. The van der Waals surface area contributed by atoms with Crippen LogP contribution in [0.3, 0.4) is 0 Å². The van der Waals surface area contributed by atoms with Gasteiger partial charge in [0.25, 0.3) is 11.8 Å². The fourth-order valence-electron chi connectivity index (χ4n) is 6.50. The minimum atomic E-state index is -5.02. The first-order valence-corrected chi connectivity index (χ1v) is 16.0. The fourth-order valence-corrected chi connectivity index (χ4v) is 6.50. The van der Waals surface area contributed by atoms with E-state index in [1.807, 2.05) is 30.3 Å². The third-order valence-corrected chi connectivity index (χ3v) is 8.90. The number of aromatic nitrogens is 2. The number of carbonyl (C=O) groups is 5. The van der Waals surface area contributed by atoms with Crippen LogP contribution in [0.4, 0.5) is 13.2 Å². The van der Waals surface area contributed by atoms with Crippen LogP contribution in [-0.2, 0) is 40.6 Å². The number of para-hydroxylation sites is 1. The van der Waals surface area contributed by atoms with E-state index in [1.165, 1.54) is 35.2 Å². The smallest absolute Gasteiger partial charge is 0.405 e. The molecule has 260 valence electrons. The molecule has 5 amide bonds. The third kappa shape index (κ3) is 6.82. The number of piperidine rings is 1. The Balaban J connectivity index is 1.01. The maximum absolute atomic E-state index is 13.4. The Kier molecular flexibility index (Phi) is 8.62. The van der Waals surface area contributed by atoms with Crippen molar-refractivity contribution in [1.82, 2.24) is 30.4 Å². The highest BCUT2D eigenvalue weighted by Crippen LogP contribution is 2.30. The molecule has 7 rings (SSSR count). The first-order valence-electron chi connectivity index (χ1n) is 16.0. The summed E-state index contributed by atoms with van der Waals surface area (Å²) in [6.07, 6.45) is -3.09. The van der Waals surface area contributed by atoms with Crippen LogP contribution >= 0.6 is 0 Å². The van der Waals surface area contributed by atoms with Crippen molar-refractivity contribution in [3.63, 3.8) is 0 Å². The minimum Gasteiger partial charge on any atom is -0.405 e. The average molecular weight is 699 g/mol. The number of rotatable bonds is 9. The van der Waals surface area contributed by atoms with Crippen molar-refractivity contribution in [3.05, 3.63) is 107 Å². The van der Waals surface area contributed by atoms with Crippen molar-refractivity contribution in [2.24, 2.45) is 0 Å². The second kappa shape index (κ2) is 13.2. The first kappa shape index (κ1) is 33.3. The zero-order valence-corrected chi connectivity index (χ0v) is 26.8. The lowest BCUT2D eigenvalue weighted by molar-refractivity contribution is -0.274. The Morgan fingerprint density at radius 1 is 0.941 bits per heavy atom. The van der Waals surface area contributed by atoms with Crippen LogP contribution < -0.4 is 20.7 Å². The molecule has 1 unspecified atom stereocenters. The Labute approximate surface area is 287 Å². The number of nitrogens with one attached hydrogen (secondary N) is 3. The van der Waals surface area contributed by atoms with E-state index in [4.69, 9.17) is 0 Å². The van der Waals surface area contributed by atoms with Gasteiger partial charge in [0.05, 0.1) is 5.52 Å². The van der Waals surface area contributed by atoms with Crippen LogP contribution in [0.15, 0.2) is 79.0 Å². The highest BCUT2D eigenvalue weighted by atomic mass is 19.4. The number of hydrogen-bond acceptors (Lipinski definition) is 7. The van der Waals surface area contributed by atoms with E-state index in [0.29, 0.717) is 22.3 Å². The van der Waals surface area contributed by atoms with Gasteiger partial charge in [0.1, 0.15) is 24.0 Å². The summed E-state index contributed by atoms with van der Waals surface area (Å²) >= 11 is 0. The van der Waals surface area contributed by atoms with Gasteiger partial charge in [-0.1, -0.05) is 30.3 Å². The summed E-state index contributed by atoms with van der Waals surface area (Å²) in [4.78, 5) is 68.7. The predicted molar refractivity (Wildman–Crippen MR) is 176 cm³/mol. The SMILES string of the molecule is O=C(Cn1c2ccccc2c2cccnc21)NCc1ccc(CNC(=O)c2ccc3c(c2)CN(C2CCC(=O)NC2=O)C3=O)cc1OC(F)(F)F. The minimum absolute atomic E-state index is 0.0694. The molecule has 3 N–H and O–H groups in total. The largest absolute Gasteiger partial charge is 0.573 e. The molecule has 5 aromatic rings. The lowest BCUT2D eigenvalue weighted by Gasteiger charge is -2.29. The number of benzene rings is 3. The van der Waals surface area contributed by atoms with Crippen LogP contribution in [0, 0.1) is 0 Å². The molecule has 2 aliphatic rings. The molecule has 0 aliphatic carbocycles. The van der Waals surface area contributed by atoms with Crippen LogP contribution in [0.25, 0.3) is 21.9 Å². The van der Waals surface area contributed by atoms with Gasteiger partial charge in [0.2, 0.25) is 17.7 Å². The van der Waals surface area contributed by atoms with Crippen LogP contribution in [-0.4, -0.2) is 56.4 Å². The van der Waals surface area contributed by atoms with Crippen LogP contribution in [0.5, 0.6) is 5.75 Å². The van der Waals surface area contributed by atoms with Gasteiger partial charge in [-0.05, 0) is 60.0 Å². The number of imide groups is 1. The maximum atomic E-state index is 13.4. The molecule has 2 aromatic heterocycles. The zero-order chi connectivity index (χ0) is 35.9. The number of hydrogen-bond donors (Lipinski definition) is 3. The Bertz CT molecular complexity index is 2200. The lowest BCUT2D eigenvalue weighted by Crippen LogP contribution is -2.52. The zero-order valence-electron chi connectivity index (χ0n) is 26.8. The summed E-state index contributed by atoms with van der Waals surface area (Å²) in [5, 5.41) is 9.35. The summed E-state index contributed by atoms with van der Waals surface area (Å²) < 4.78 is 46.2. The van der Waals surface area contributed by atoms with Crippen molar-refractivity contribution in [2.75, 3.05) is 0 Å². The van der Waals surface area contributed by atoms with Gasteiger partial charge in [0, 0.05) is 59.7 Å². The average Bonchev–Trinajstić information content (AvgIpc) is 3.59. The summed E-state index contributed by atoms with van der Waals surface area (Å²) in [6, 6.07) is 18.9. The quantitative estimate of drug-likeness (QED) is 0.196. The van der Waals surface area contributed by atoms with Gasteiger partial charge in [-0.25, -0.2) is 4.98 Å². The molecule has 3 aromatic carbocycles. The van der Waals surface area contributed by atoms with Crippen LogP contribution in [0.1, 0.15) is 50.2 Å². The number of ether oxygens (including phenoxy) is 1. The second-order valence-electron chi connectivity index (χ2n) is 12.2. The summed E-state index contributed by atoms with van der Waals surface area (Å²) in [5.41, 5.74) is 2.82. The molecule has 0 radical (unpaired) electrons. The predicted octanol–water partition coefficient (Wildman–Crippen LogP) is 4.10. The fraction of sp³-hybridized carbons (Fsp3) is 0.222. The standard InChI is InChI=1S/C36H29F3N6O6/c37-36(38,39)51-29-14-20(7-8-22(29)17-41-31(47)19-44-27-6-2-1-4-25(27)26-5-3-13-40-32(26)44)16-42-33(48)21-9-10-24-23(15-21)18-45(35(24)50)28-11-12-30(46)43-34(28)49/h1-10,13-15,28H,11-12,16-19H2,(H,41,47)(H,42,48)(H,43,46,49). The van der Waals surface area contributed by atoms with Crippen molar-refractivity contribution in [2.45, 2.75) is 51.4 Å². The van der Waals surface area contributed by atoms with Gasteiger partial charge in [-0.15, -0.1) is 13.2 Å². The first-order chi connectivity index (χ1) is 24.4. The van der Waals surface area contributed by atoms with Crippen LogP contribution in [0.2, 0.25) is 0 Å². The summed E-state index contributed by atoms with van der Waals surface area (Å²) in [5.74, 6) is -2.86. The molecule has 15 heteroatoms. The lowest BCUT2D eigenvalue weighted by atomic mass is 10.0. The highest BCUT2D eigenvalue weighted by molar-refractivity contribution is 6.07. The molecular formula is C36H29F3N6O6. The second-order valence-corrected chi connectivity index (χ2v) is 12.2. The van der Waals surface area contributed by atoms with E-state index in [0.717, 1.165) is 22.4 Å². The number of carbonyl (C=O) groups excluding carboxylic acids is 5. The molecule has 1 atom stereocenters. The highest BCUT2D eigenvalue weighted by Gasteiger charge is 2.39. The van der Waals surface area contributed by atoms with E-state index in [-0.39, 0.29) is 56.1 Å². The van der Waals surface area contributed by atoms with Crippen molar-refractivity contribution >= 4 is 51.5 Å². The normalized spacial score (nSPS) is 15.9. The molecule has 0 spiro atoms. The van der Waals surface area contributed by atoms with Crippen molar-refractivity contribution < 1.29 is 41.9 Å². The van der Waals surface area contributed by atoms with E-state index < -0.39 is 41.8 Å². The third-order valence-electron chi connectivity index (χ3n) is 8.90. The molecule has 1 saturated heterocycles. The van der Waals surface area contributed by atoms with E-state index in [9.17, 15) is 37.1 Å². The number of halogens is 3. The molecular weight excluding hydrogens is 669 g/mol. The maximum Gasteiger partial charge on any atom is 0.573 e. The Hall–Kier alpha value is -6.25. The van der Waals surface area contributed by atoms with Gasteiger partial charge in [-0.2, -0.15) is 0 Å². The monoisotopic (exact) mass is 698 g/mol. The summed E-state index contributed by atoms with van der Waals surface area (Å²) in [6.45, 7) is -0.455.